The number of halogens is 3. The zero-order valence-electron chi connectivity index (χ0n) is 19.0. The normalized spacial score (nSPS) is 16.9. The van der Waals surface area contributed by atoms with E-state index in [0.29, 0.717) is 27.7 Å². The number of hydrazine groups is 1. The molecule has 0 saturated carbocycles. The van der Waals surface area contributed by atoms with E-state index in [-0.39, 0.29) is 18.0 Å². The first kappa shape index (κ1) is 24.0. The summed E-state index contributed by atoms with van der Waals surface area (Å²) in [5, 5.41) is 4.99. The van der Waals surface area contributed by atoms with Gasteiger partial charge in [-0.3, -0.25) is 9.80 Å². The Morgan fingerprint density at radius 3 is 2.32 bits per heavy atom. The van der Waals surface area contributed by atoms with Crippen molar-refractivity contribution < 1.29 is 22.2 Å². The smallest absolute Gasteiger partial charge is 0.381 e. The monoisotopic (exact) mass is 491 g/mol. The van der Waals surface area contributed by atoms with Crippen LogP contribution in [-0.2, 0) is 27.7 Å². The number of nitrogens with one attached hydrogen (secondary N) is 2. The van der Waals surface area contributed by atoms with Gasteiger partial charge < -0.3 is 9.88 Å². The van der Waals surface area contributed by atoms with Crippen LogP contribution >= 0.6 is 0 Å². The lowest BCUT2D eigenvalue weighted by atomic mass is 10.1. The molecule has 0 saturated heterocycles. The van der Waals surface area contributed by atoms with Crippen molar-refractivity contribution in [2.24, 2.45) is 0 Å². The van der Waals surface area contributed by atoms with Crippen LogP contribution in [0.15, 0.2) is 70.7 Å². The van der Waals surface area contributed by atoms with E-state index in [1.807, 2.05) is 19.9 Å². The molecule has 2 aromatic carbocycles. The first-order valence-electron chi connectivity index (χ1n) is 10.7. The number of carbonyl (C=O) groups is 1. The van der Waals surface area contributed by atoms with E-state index in [2.05, 4.69) is 10.7 Å². The lowest BCUT2D eigenvalue weighted by Crippen LogP contribution is -2.56. The number of hydrogen-bond acceptors (Lipinski definition) is 4. The number of thiol groups is 1. The van der Waals surface area contributed by atoms with Crippen LogP contribution in [0.5, 0.6) is 0 Å². The topological polar surface area (TPSA) is 66.4 Å². The van der Waals surface area contributed by atoms with Crippen molar-refractivity contribution in [1.29, 1.82) is 0 Å². The minimum absolute atomic E-state index is 0.157. The van der Waals surface area contributed by atoms with Gasteiger partial charge in [-0.05, 0) is 43.7 Å². The van der Waals surface area contributed by atoms with Gasteiger partial charge in [0.25, 0.3) is 5.91 Å². The van der Waals surface area contributed by atoms with E-state index in [0.717, 1.165) is 12.1 Å². The molecule has 1 unspecified atom stereocenters. The summed E-state index contributed by atoms with van der Waals surface area (Å²) in [7, 11) is -0.546. The summed E-state index contributed by atoms with van der Waals surface area (Å²) >= 11 is 0. The van der Waals surface area contributed by atoms with Crippen molar-refractivity contribution in [3.05, 3.63) is 77.5 Å². The first-order valence-corrected chi connectivity index (χ1v) is 11.9. The molecule has 0 fully saturated rings. The third-order valence-electron chi connectivity index (χ3n) is 5.58. The number of benzene rings is 2. The summed E-state index contributed by atoms with van der Waals surface area (Å²) < 4.78 is 54.3. The Balaban J connectivity index is 1.82. The average molecular weight is 492 g/mol. The molecular formula is C24H26F3N4O2S+. The van der Waals surface area contributed by atoms with Crippen LogP contribution in [0.4, 0.5) is 18.9 Å². The molecule has 6 nitrogen and oxygen atoms in total. The molecule has 1 atom stereocenters. The molecule has 0 spiro atoms. The summed E-state index contributed by atoms with van der Waals surface area (Å²) in [6.07, 6.45) is -2.71. The number of amides is 1. The Morgan fingerprint density at radius 2 is 1.71 bits per heavy atom. The van der Waals surface area contributed by atoms with E-state index >= 15 is 0 Å². The molecule has 0 bridgehead atoms. The van der Waals surface area contributed by atoms with E-state index in [9.17, 15) is 22.2 Å². The fourth-order valence-corrected chi connectivity index (χ4v) is 5.41. The van der Waals surface area contributed by atoms with Gasteiger partial charge in [-0.25, -0.2) is 5.43 Å². The summed E-state index contributed by atoms with van der Waals surface area (Å²) in [5.41, 5.74) is 3.38. The van der Waals surface area contributed by atoms with Gasteiger partial charge in [0, 0.05) is 25.3 Å². The summed E-state index contributed by atoms with van der Waals surface area (Å²) in [4.78, 5) is 14.0. The molecule has 1 aliphatic heterocycles. The molecule has 0 aliphatic carbocycles. The predicted octanol–water partition coefficient (Wildman–Crippen LogP) is 4.45. The van der Waals surface area contributed by atoms with E-state index in [1.54, 1.807) is 42.1 Å². The van der Waals surface area contributed by atoms with Gasteiger partial charge in [0.1, 0.15) is 5.56 Å². The van der Waals surface area contributed by atoms with Crippen molar-refractivity contribution in [3.63, 3.8) is 0 Å². The molecule has 3 aromatic rings. The van der Waals surface area contributed by atoms with Crippen LogP contribution < -0.4 is 10.7 Å². The Bertz CT molecular complexity index is 1220. The van der Waals surface area contributed by atoms with Gasteiger partial charge in [-0.15, -0.1) is 0 Å². The number of aromatic nitrogens is 1. The zero-order chi connectivity index (χ0) is 24.7. The first-order chi connectivity index (χ1) is 16.0. The highest BCUT2D eigenvalue weighted by atomic mass is 32.2. The van der Waals surface area contributed by atoms with E-state index in [4.69, 9.17) is 0 Å². The maximum Gasteiger partial charge on any atom is 0.416 e. The fourth-order valence-electron chi connectivity index (χ4n) is 3.94. The van der Waals surface area contributed by atoms with Crippen LogP contribution in [0, 0.1) is 0 Å². The van der Waals surface area contributed by atoms with Crippen molar-refractivity contribution in [2.75, 3.05) is 18.9 Å². The van der Waals surface area contributed by atoms with Gasteiger partial charge in [-0.1, -0.05) is 34.5 Å². The van der Waals surface area contributed by atoms with Crippen molar-refractivity contribution in [2.45, 2.75) is 42.0 Å². The average Bonchev–Trinajstić information content (AvgIpc) is 3.14. The lowest BCUT2D eigenvalue weighted by Gasteiger charge is -2.34. The Kier molecular flexibility index (Phi) is 6.30. The second-order valence-electron chi connectivity index (χ2n) is 8.91. The minimum atomic E-state index is -4.43. The number of nitrogens with zero attached hydrogens (tertiary/aromatic N) is 2. The maximum atomic E-state index is 13.7. The van der Waals surface area contributed by atoms with Crippen molar-refractivity contribution in [3.8, 4) is 0 Å². The molecule has 34 heavy (non-hydrogen) atoms. The third-order valence-corrected chi connectivity index (χ3v) is 7.21. The molecule has 1 aliphatic rings. The van der Waals surface area contributed by atoms with Crippen molar-refractivity contribution >= 4 is 22.4 Å². The van der Waals surface area contributed by atoms with Crippen LogP contribution in [0.25, 0.3) is 0 Å². The Morgan fingerprint density at radius 1 is 1.06 bits per heavy atom. The number of hydrogen-bond donors (Lipinski definition) is 2. The summed E-state index contributed by atoms with van der Waals surface area (Å²) in [6.45, 7) is 4.53. The molecule has 2 heterocycles. The number of rotatable bonds is 4. The lowest BCUT2D eigenvalue weighted by molar-refractivity contribution is -0.137. The van der Waals surface area contributed by atoms with Crippen LogP contribution in [0.3, 0.4) is 0 Å². The van der Waals surface area contributed by atoms with E-state index < -0.39 is 28.1 Å². The highest BCUT2D eigenvalue weighted by molar-refractivity contribution is 7.85. The van der Waals surface area contributed by atoms with Gasteiger partial charge in [0.2, 0.25) is 5.03 Å². The standard InChI is InChI=1S/C24H25F3N4O2S/c1-23(2)15-28-19-14-31(13-16-9-11-17(12-10-16)24(25,26)27)22(20(19)21(32)30(3)29-23)34(33)18-7-5-4-6-8-18/h4-12,14,28-29H,13,15H2,1-3H3/p+1. The minimum Gasteiger partial charge on any atom is -0.381 e. The number of carbonyl (C=O) groups excluding carboxylic acids is 1. The second kappa shape index (κ2) is 8.92. The number of alkyl halides is 3. The molecule has 4 rings (SSSR count). The fraction of sp³-hybridized carbons (Fsp3) is 0.292. The third kappa shape index (κ3) is 4.88. The molecule has 180 valence electrons. The molecule has 1 aromatic heterocycles. The van der Waals surface area contributed by atoms with Crippen LogP contribution in [0.1, 0.15) is 35.3 Å². The van der Waals surface area contributed by atoms with Crippen molar-refractivity contribution in [1.82, 2.24) is 15.0 Å². The molecule has 2 N–H and O–H groups in total. The van der Waals surface area contributed by atoms with Crippen LogP contribution in [0.2, 0.25) is 0 Å². The maximum absolute atomic E-state index is 13.7. The van der Waals surface area contributed by atoms with E-state index in [1.165, 1.54) is 17.1 Å². The molecule has 10 heteroatoms. The van der Waals surface area contributed by atoms with Gasteiger partial charge in [-0.2, -0.15) is 13.2 Å². The number of fused-ring (bicyclic) bond motifs is 1. The van der Waals surface area contributed by atoms with Gasteiger partial charge >= 0.3 is 6.18 Å². The quantitative estimate of drug-likeness (QED) is 0.418. The number of anilines is 1. The van der Waals surface area contributed by atoms with Gasteiger partial charge in [0.05, 0.1) is 17.8 Å². The van der Waals surface area contributed by atoms with Gasteiger partial charge in [0.15, 0.2) is 15.7 Å². The molecule has 0 radical (unpaired) electrons. The second-order valence-corrected chi connectivity index (χ2v) is 10.4. The Labute approximate surface area is 198 Å². The SMILES string of the molecule is CN1NC(C)(C)CNc2cn(Cc3ccc(C(F)(F)F)cc3)c([SH+](=O)c3ccccc3)c2C1=O. The summed E-state index contributed by atoms with van der Waals surface area (Å²) in [5.74, 6) is -0.351. The zero-order valence-corrected chi connectivity index (χ0v) is 19.9. The highest BCUT2D eigenvalue weighted by Gasteiger charge is 2.37. The highest BCUT2D eigenvalue weighted by Crippen LogP contribution is 2.33. The largest absolute Gasteiger partial charge is 0.416 e. The predicted molar refractivity (Wildman–Crippen MR) is 125 cm³/mol. The molecule has 1 amide bonds. The molecular weight excluding hydrogens is 465 g/mol. The Hall–Kier alpha value is -3.11. The van der Waals surface area contributed by atoms with Crippen LogP contribution in [-0.4, -0.2) is 34.6 Å². The summed E-state index contributed by atoms with van der Waals surface area (Å²) in [6, 6.07) is 13.6.